The summed E-state index contributed by atoms with van der Waals surface area (Å²) in [5.41, 5.74) is 6.61. The van der Waals surface area contributed by atoms with Gasteiger partial charge in [0.05, 0.1) is 15.2 Å². The topological polar surface area (TPSA) is 102 Å². The number of hydrogen-bond donors (Lipinski definition) is 2. The summed E-state index contributed by atoms with van der Waals surface area (Å²) in [6.07, 6.45) is 0.883. The molecule has 2 aromatic rings. The Labute approximate surface area is 204 Å². The number of fused-ring (bicyclic) bond motifs is 1. The number of nitrogens with one attached hydrogen (secondary N) is 1. The average molecular weight is 504 g/mol. The molecule has 3 rings (SSSR count). The third-order valence-electron chi connectivity index (χ3n) is 6.02. The highest BCUT2D eigenvalue weighted by atomic mass is 28.3. The largest absolute Gasteiger partial charge is 0.497 e. The van der Waals surface area contributed by atoms with E-state index in [-0.39, 0.29) is 42.6 Å². The Morgan fingerprint density at radius 1 is 1.11 bits per heavy atom. The van der Waals surface area contributed by atoms with E-state index in [1.807, 2.05) is 25.7 Å². The van der Waals surface area contributed by atoms with E-state index in [9.17, 15) is 23.2 Å². The van der Waals surface area contributed by atoms with Gasteiger partial charge < -0.3 is 20.7 Å². The third kappa shape index (κ3) is 6.05. The zero-order chi connectivity index (χ0) is 25.9. The first-order valence-electron chi connectivity index (χ1n) is 11.5. The van der Waals surface area contributed by atoms with Gasteiger partial charge >= 0.3 is 0 Å². The fourth-order valence-corrected chi connectivity index (χ4v) is 5.99. The number of amides is 3. The van der Waals surface area contributed by atoms with E-state index in [4.69, 9.17) is 10.5 Å². The minimum atomic E-state index is -2.28. The molecule has 188 valence electrons. The Hall–Kier alpha value is -3.27. The smallest absolute Gasteiger partial charge is 0.251 e. The van der Waals surface area contributed by atoms with Crippen LogP contribution in [0.1, 0.15) is 36.4 Å². The summed E-state index contributed by atoms with van der Waals surface area (Å²) in [4.78, 5) is 38.9. The second-order valence-corrected chi connectivity index (χ2v) is 14.7. The molecule has 1 aliphatic rings. The predicted octanol–water partition coefficient (Wildman–Crippen LogP) is 3.24. The number of ether oxygens (including phenoxy) is 1. The molecule has 0 aromatic heterocycles. The summed E-state index contributed by atoms with van der Waals surface area (Å²) in [5, 5.41) is 2.66. The van der Waals surface area contributed by atoms with Crippen molar-refractivity contribution in [2.24, 2.45) is 5.73 Å². The molecular formula is C25H31F2N3O4Si. The molecular weight excluding hydrogens is 472 g/mol. The van der Waals surface area contributed by atoms with E-state index >= 15 is 0 Å². The lowest BCUT2D eigenvalue weighted by molar-refractivity contribution is -0.139. The number of carbonyl (C=O) groups is 3. The molecule has 0 saturated heterocycles. The summed E-state index contributed by atoms with van der Waals surface area (Å²) >= 11 is 0. The molecule has 0 spiro atoms. The first-order chi connectivity index (χ1) is 16.4. The van der Waals surface area contributed by atoms with Crippen molar-refractivity contribution in [3.05, 3.63) is 53.1 Å². The second-order valence-electron chi connectivity index (χ2n) is 9.68. The van der Waals surface area contributed by atoms with Crippen molar-refractivity contribution < 1.29 is 27.9 Å². The van der Waals surface area contributed by atoms with Crippen LogP contribution in [-0.4, -0.2) is 44.3 Å². The number of anilines is 1. The van der Waals surface area contributed by atoms with Crippen molar-refractivity contribution in [3.8, 4) is 5.75 Å². The highest BCUT2D eigenvalue weighted by Crippen LogP contribution is 2.34. The molecule has 1 heterocycles. The Balaban J connectivity index is 1.93. The monoisotopic (exact) mass is 503 g/mol. The summed E-state index contributed by atoms with van der Waals surface area (Å²) in [6.45, 7) is 5.77. The fourth-order valence-electron chi connectivity index (χ4n) is 4.41. The van der Waals surface area contributed by atoms with Crippen molar-refractivity contribution in [1.82, 2.24) is 4.90 Å². The normalized spacial score (nSPS) is 15.4. The van der Waals surface area contributed by atoms with Gasteiger partial charge in [-0.15, -0.1) is 0 Å². The number of hydrogen-bond acceptors (Lipinski definition) is 4. The average Bonchev–Trinajstić information content (AvgIpc) is 2.75. The lowest BCUT2D eigenvalue weighted by Gasteiger charge is -2.36. The molecule has 0 saturated carbocycles. The molecule has 1 atom stereocenters. The summed E-state index contributed by atoms with van der Waals surface area (Å²) in [5.74, 6) is -2.18. The highest BCUT2D eigenvalue weighted by molar-refractivity contribution is 6.88. The number of methoxy groups -OCH3 is 1. The van der Waals surface area contributed by atoms with Crippen LogP contribution in [0, 0.1) is 11.6 Å². The van der Waals surface area contributed by atoms with Crippen LogP contribution in [0.25, 0.3) is 0 Å². The second kappa shape index (κ2) is 10.6. The Kier molecular flexibility index (Phi) is 7.94. The van der Waals surface area contributed by atoms with Gasteiger partial charge in [-0.25, -0.2) is 8.78 Å². The minimum absolute atomic E-state index is 0.0197. The van der Waals surface area contributed by atoms with Crippen LogP contribution in [0.5, 0.6) is 5.75 Å². The molecule has 0 radical (unpaired) electrons. The first kappa shape index (κ1) is 26.3. The zero-order valence-electron chi connectivity index (χ0n) is 20.4. The Morgan fingerprint density at radius 2 is 1.77 bits per heavy atom. The van der Waals surface area contributed by atoms with Crippen LogP contribution in [0.2, 0.25) is 19.6 Å². The standard InChI is InChI=1S/C25H31F2N3O4Si/c1-34-17-8-9-18-15(12-17)10-11-30(22(32)7-5-6-21(28)31)23(18)25(33)29-16-13-19(26)24(20(27)14-16)35(2,3)4/h8-9,12-14,23H,5-7,10-11H2,1-4H3,(H2,28,31)(H,29,33)/t23-/m1/s1. The molecule has 0 aliphatic carbocycles. The van der Waals surface area contributed by atoms with E-state index in [1.165, 1.54) is 12.0 Å². The van der Waals surface area contributed by atoms with E-state index in [0.717, 1.165) is 17.7 Å². The van der Waals surface area contributed by atoms with Crippen LogP contribution >= 0.6 is 0 Å². The molecule has 0 fully saturated rings. The molecule has 3 amide bonds. The number of carbonyl (C=O) groups excluding carboxylic acids is 3. The molecule has 2 aromatic carbocycles. The van der Waals surface area contributed by atoms with Gasteiger partial charge in [0, 0.05) is 30.3 Å². The molecule has 10 heteroatoms. The van der Waals surface area contributed by atoms with Gasteiger partial charge in [0.15, 0.2) is 0 Å². The fraction of sp³-hybridized carbons (Fsp3) is 0.400. The third-order valence-corrected chi connectivity index (χ3v) is 8.00. The number of benzene rings is 2. The number of halogens is 2. The SMILES string of the molecule is COc1ccc2c(c1)CCN(C(=O)CCCC(N)=O)[C@H]2C(=O)Nc1cc(F)c([Si](C)(C)C)c(F)c1. The number of nitrogens with two attached hydrogens (primary N) is 1. The Morgan fingerprint density at radius 3 is 2.34 bits per heavy atom. The van der Waals surface area contributed by atoms with E-state index < -0.39 is 37.6 Å². The lowest BCUT2D eigenvalue weighted by Crippen LogP contribution is -2.45. The zero-order valence-corrected chi connectivity index (χ0v) is 21.4. The van der Waals surface area contributed by atoms with Gasteiger partial charge in [-0.05, 0) is 48.2 Å². The van der Waals surface area contributed by atoms with Crippen molar-refractivity contribution in [2.45, 2.75) is 51.4 Å². The van der Waals surface area contributed by atoms with Crippen molar-refractivity contribution in [1.29, 1.82) is 0 Å². The van der Waals surface area contributed by atoms with Crippen LogP contribution in [0.4, 0.5) is 14.5 Å². The van der Waals surface area contributed by atoms with Crippen LogP contribution < -0.4 is 21.0 Å². The number of nitrogens with zero attached hydrogens (tertiary/aromatic N) is 1. The summed E-state index contributed by atoms with van der Waals surface area (Å²) in [6, 6.07) is 6.45. The number of rotatable bonds is 8. The van der Waals surface area contributed by atoms with Crippen molar-refractivity contribution >= 4 is 36.7 Å². The maximum atomic E-state index is 14.8. The van der Waals surface area contributed by atoms with E-state index in [0.29, 0.717) is 17.7 Å². The molecule has 7 nitrogen and oxygen atoms in total. The number of primary amides is 1. The van der Waals surface area contributed by atoms with E-state index in [1.54, 1.807) is 12.1 Å². The minimum Gasteiger partial charge on any atom is -0.497 e. The molecule has 1 aliphatic heterocycles. The van der Waals surface area contributed by atoms with Gasteiger partial charge in [-0.1, -0.05) is 25.7 Å². The van der Waals surface area contributed by atoms with Gasteiger partial charge in [0.1, 0.15) is 23.4 Å². The highest BCUT2D eigenvalue weighted by Gasteiger charge is 2.36. The van der Waals surface area contributed by atoms with Crippen LogP contribution in [-0.2, 0) is 20.8 Å². The van der Waals surface area contributed by atoms with Crippen molar-refractivity contribution in [3.63, 3.8) is 0 Å². The van der Waals surface area contributed by atoms with Gasteiger partial charge in [0.2, 0.25) is 11.8 Å². The quantitative estimate of drug-likeness (QED) is 0.540. The summed E-state index contributed by atoms with van der Waals surface area (Å²) in [7, 11) is -0.743. The summed E-state index contributed by atoms with van der Waals surface area (Å²) < 4.78 is 34.8. The maximum absolute atomic E-state index is 14.8. The van der Waals surface area contributed by atoms with Gasteiger partial charge in [-0.2, -0.15) is 0 Å². The Bertz CT molecular complexity index is 1130. The van der Waals surface area contributed by atoms with E-state index in [2.05, 4.69) is 5.32 Å². The molecule has 0 unspecified atom stereocenters. The van der Waals surface area contributed by atoms with Crippen LogP contribution in [0.15, 0.2) is 30.3 Å². The van der Waals surface area contributed by atoms with Gasteiger partial charge in [0.25, 0.3) is 5.91 Å². The van der Waals surface area contributed by atoms with Crippen molar-refractivity contribution in [2.75, 3.05) is 19.0 Å². The first-order valence-corrected chi connectivity index (χ1v) is 15.0. The molecule has 35 heavy (non-hydrogen) atoms. The predicted molar refractivity (Wildman–Crippen MR) is 132 cm³/mol. The van der Waals surface area contributed by atoms with Crippen LogP contribution in [0.3, 0.4) is 0 Å². The van der Waals surface area contributed by atoms with Gasteiger partial charge in [-0.3, -0.25) is 14.4 Å². The molecule has 3 N–H and O–H groups in total. The maximum Gasteiger partial charge on any atom is 0.251 e. The lowest BCUT2D eigenvalue weighted by atomic mass is 9.91. The molecule has 0 bridgehead atoms.